The summed E-state index contributed by atoms with van der Waals surface area (Å²) >= 11 is 0. The first-order valence-electron chi connectivity index (χ1n) is 11.6. The molecule has 1 saturated heterocycles. The van der Waals surface area contributed by atoms with Crippen LogP contribution in [0.2, 0.25) is 0 Å². The van der Waals surface area contributed by atoms with Gasteiger partial charge in [-0.15, -0.1) is 0 Å². The summed E-state index contributed by atoms with van der Waals surface area (Å²) in [6.07, 6.45) is 3.02. The van der Waals surface area contributed by atoms with Crippen LogP contribution >= 0.6 is 0 Å². The van der Waals surface area contributed by atoms with Gasteiger partial charge in [-0.2, -0.15) is 0 Å². The van der Waals surface area contributed by atoms with Gasteiger partial charge in [0, 0.05) is 29.9 Å². The van der Waals surface area contributed by atoms with E-state index in [0.29, 0.717) is 23.6 Å². The molecular formula is C25H27FN4O5S. The third-order valence-corrected chi connectivity index (χ3v) is 7.45. The van der Waals surface area contributed by atoms with Crippen molar-refractivity contribution < 1.29 is 22.3 Å². The van der Waals surface area contributed by atoms with Gasteiger partial charge in [0.05, 0.1) is 17.9 Å². The smallest absolute Gasteiger partial charge is 0.269 e. The van der Waals surface area contributed by atoms with Crippen LogP contribution < -0.4 is 19.9 Å². The van der Waals surface area contributed by atoms with Crippen LogP contribution in [0, 0.1) is 5.82 Å². The summed E-state index contributed by atoms with van der Waals surface area (Å²) in [5, 5.41) is 0. The number of nitrogens with one attached hydrogen (secondary N) is 2. The summed E-state index contributed by atoms with van der Waals surface area (Å²) in [5.41, 5.74) is 0.0338. The lowest BCUT2D eigenvalue weighted by molar-refractivity contribution is 0.0981. The number of hydrogen-bond donors (Lipinski definition) is 2. The van der Waals surface area contributed by atoms with Gasteiger partial charge in [-0.05, 0) is 70.0 Å². The molecule has 1 aliphatic heterocycles. The van der Waals surface area contributed by atoms with Crippen molar-refractivity contribution >= 4 is 21.7 Å². The van der Waals surface area contributed by atoms with Gasteiger partial charge in [0.2, 0.25) is 0 Å². The molecule has 2 aromatic heterocycles. The fourth-order valence-electron chi connectivity index (χ4n) is 4.41. The highest BCUT2D eigenvalue weighted by molar-refractivity contribution is 7.90. The Morgan fingerprint density at radius 1 is 1.19 bits per heavy atom. The number of ether oxygens (including phenoxy) is 1. The number of sulfonamides is 1. The first-order valence-corrected chi connectivity index (χ1v) is 13.1. The van der Waals surface area contributed by atoms with Crippen molar-refractivity contribution in [2.75, 3.05) is 11.5 Å². The average molecular weight is 515 g/mol. The fraction of sp³-hybridized carbons (Fsp3) is 0.320. The molecule has 0 spiro atoms. The second-order valence-corrected chi connectivity index (χ2v) is 10.3. The van der Waals surface area contributed by atoms with Crippen LogP contribution in [0.25, 0.3) is 11.3 Å². The summed E-state index contributed by atoms with van der Waals surface area (Å²) < 4.78 is 47.3. The normalized spacial score (nSPS) is 17.7. The Hall–Kier alpha value is -3.73. The summed E-state index contributed by atoms with van der Waals surface area (Å²) in [6.45, 7) is 6.15. The van der Waals surface area contributed by atoms with E-state index in [1.165, 1.54) is 36.5 Å². The molecule has 0 unspecified atom stereocenters. The molecule has 2 atom stereocenters. The van der Waals surface area contributed by atoms with Crippen molar-refractivity contribution in [1.82, 2.24) is 14.7 Å². The van der Waals surface area contributed by atoms with Gasteiger partial charge in [0.1, 0.15) is 17.4 Å². The summed E-state index contributed by atoms with van der Waals surface area (Å²) in [6, 6.07) is 9.77. The van der Waals surface area contributed by atoms with Crippen LogP contribution in [-0.2, 0) is 10.0 Å². The third kappa shape index (κ3) is 5.11. The number of carbonyl (C=O) groups excluding carboxylic acids is 1. The minimum Gasteiger partial charge on any atom is -0.494 e. The van der Waals surface area contributed by atoms with Crippen molar-refractivity contribution in [1.29, 1.82) is 0 Å². The minimum atomic E-state index is -4.44. The first-order chi connectivity index (χ1) is 17.1. The van der Waals surface area contributed by atoms with Gasteiger partial charge in [0.25, 0.3) is 21.5 Å². The number of halogens is 1. The number of carbonyl (C=O) groups is 1. The van der Waals surface area contributed by atoms with E-state index in [0.717, 1.165) is 18.9 Å². The molecule has 0 saturated carbocycles. The van der Waals surface area contributed by atoms with Crippen LogP contribution in [0.15, 0.2) is 58.4 Å². The van der Waals surface area contributed by atoms with Crippen molar-refractivity contribution in [3.8, 4) is 17.0 Å². The molecule has 11 heteroatoms. The Balaban J connectivity index is 1.79. The quantitative estimate of drug-likeness (QED) is 0.495. The molecule has 1 aliphatic rings. The van der Waals surface area contributed by atoms with Crippen LogP contribution in [0.5, 0.6) is 5.75 Å². The number of aromatic nitrogens is 2. The molecule has 190 valence electrons. The van der Waals surface area contributed by atoms with Crippen LogP contribution in [0.3, 0.4) is 0 Å². The molecule has 1 amide bonds. The molecule has 36 heavy (non-hydrogen) atoms. The number of rotatable bonds is 7. The van der Waals surface area contributed by atoms with Gasteiger partial charge in [-0.25, -0.2) is 22.5 Å². The number of amides is 1. The second-order valence-electron chi connectivity index (χ2n) is 8.66. The minimum absolute atomic E-state index is 0.0247. The van der Waals surface area contributed by atoms with E-state index < -0.39 is 32.2 Å². The first kappa shape index (κ1) is 25.4. The number of H-pyrrole nitrogens is 1. The molecular weight excluding hydrogens is 487 g/mol. The molecule has 1 aromatic carbocycles. The summed E-state index contributed by atoms with van der Waals surface area (Å²) in [5.74, 6) is -0.794. The van der Waals surface area contributed by atoms with Gasteiger partial charge in [-0.1, -0.05) is 0 Å². The van der Waals surface area contributed by atoms with E-state index in [2.05, 4.69) is 9.97 Å². The molecule has 1 fully saturated rings. The number of anilines is 1. The SMILES string of the molecule is CCOc1cc(F)cc(-c2ccc(C(=O)NS(=O)(=O)c3ccc[nH]c3=O)c(N3[C@H](C)CC[C@@H]3C)n2)c1. The monoisotopic (exact) mass is 514 g/mol. The van der Waals surface area contributed by atoms with Gasteiger partial charge < -0.3 is 14.6 Å². The zero-order chi connectivity index (χ0) is 26.0. The van der Waals surface area contributed by atoms with Crippen LogP contribution in [0.4, 0.5) is 10.2 Å². The fourth-order valence-corrected chi connectivity index (χ4v) is 5.43. The zero-order valence-corrected chi connectivity index (χ0v) is 20.9. The third-order valence-electron chi connectivity index (χ3n) is 6.09. The van der Waals surface area contributed by atoms with E-state index in [1.54, 1.807) is 13.0 Å². The van der Waals surface area contributed by atoms with E-state index >= 15 is 0 Å². The largest absolute Gasteiger partial charge is 0.494 e. The zero-order valence-electron chi connectivity index (χ0n) is 20.1. The van der Waals surface area contributed by atoms with Crippen molar-refractivity contribution in [3.05, 3.63) is 70.4 Å². The predicted octanol–water partition coefficient (Wildman–Crippen LogP) is 3.47. The maximum Gasteiger partial charge on any atom is 0.269 e. The number of aromatic amines is 1. The summed E-state index contributed by atoms with van der Waals surface area (Å²) in [7, 11) is -4.44. The van der Waals surface area contributed by atoms with Gasteiger partial charge >= 0.3 is 0 Å². The van der Waals surface area contributed by atoms with Gasteiger partial charge in [0.15, 0.2) is 4.90 Å². The van der Waals surface area contributed by atoms with E-state index in [4.69, 9.17) is 4.74 Å². The predicted molar refractivity (Wildman–Crippen MR) is 133 cm³/mol. The van der Waals surface area contributed by atoms with E-state index in [-0.39, 0.29) is 23.5 Å². The molecule has 2 N–H and O–H groups in total. The topological polar surface area (TPSA) is 121 Å². The summed E-state index contributed by atoms with van der Waals surface area (Å²) in [4.78, 5) is 33.6. The molecule has 3 aromatic rings. The Bertz CT molecular complexity index is 1450. The number of hydrogen-bond acceptors (Lipinski definition) is 7. The molecule has 4 rings (SSSR count). The highest BCUT2D eigenvalue weighted by atomic mass is 32.2. The second kappa shape index (κ2) is 10.1. The Morgan fingerprint density at radius 3 is 2.58 bits per heavy atom. The molecule has 0 aliphatic carbocycles. The highest BCUT2D eigenvalue weighted by Crippen LogP contribution is 2.34. The number of pyridine rings is 2. The molecule has 0 radical (unpaired) electrons. The Kier molecular flexibility index (Phi) is 7.11. The lowest BCUT2D eigenvalue weighted by Crippen LogP contribution is -2.38. The molecule has 0 bridgehead atoms. The van der Waals surface area contributed by atoms with Crippen molar-refractivity contribution in [2.24, 2.45) is 0 Å². The number of benzene rings is 1. The molecule has 9 nitrogen and oxygen atoms in total. The molecule has 3 heterocycles. The lowest BCUT2D eigenvalue weighted by Gasteiger charge is -2.29. The van der Waals surface area contributed by atoms with Crippen molar-refractivity contribution in [2.45, 2.75) is 50.6 Å². The average Bonchev–Trinajstić information content (AvgIpc) is 3.16. The Morgan fingerprint density at radius 2 is 1.92 bits per heavy atom. The van der Waals surface area contributed by atoms with Gasteiger partial charge in [-0.3, -0.25) is 9.59 Å². The van der Waals surface area contributed by atoms with Crippen LogP contribution in [0.1, 0.15) is 44.0 Å². The standard InChI is InChI=1S/C25H27FN4O5S/c1-4-35-19-13-17(12-18(26)14-19)21-10-9-20(23(28-21)30-15(2)7-8-16(30)3)24(31)29-36(33,34)22-6-5-11-27-25(22)32/h5-6,9-16H,4,7-8H2,1-3H3,(H,27,32)(H,29,31)/t15-,16+. The highest BCUT2D eigenvalue weighted by Gasteiger charge is 2.33. The number of nitrogens with zero attached hydrogens (tertiary/aromatic N) is 2. The van der Waals surface area contributed by atoms with Crippen LogP contribution in [-0.4, -0.2) is 43.0 Å². The van der Waals surface area contributed by atoms with E-state index in [1.807, 2.05) is 23.5 Å². The maximum atomic E-state index is 14.3. The lowest BCUT2D eigenvalue weighted by atomic mass is 10.1. The van der Waals surface area contributed by atoms with Crippen molar-refractivity contribution in [3.63, 3.8) is 0 Å². The van der Waals surface area contributed by atoms with E-state index in [9.17, 15) is 22.4 Å². The maximum absolute atomic E-state index is 14.3. The Labute approximate surface area is 208 Å².